The van der Waals surface area contributed by atoms with Crippen molar-refractivity contribution in [3.8, 4) is 16.9 Å². The number of nitrogens with zero attached hydrogens (tertiary/aromatic N) is 4. The number of hydrogen-bond donors (Lipinski definition) is 0. The van der Waals surface area contributed by atoms with Crippen molar-refractivity contribution in [1.82, 2.24) is 9.55 Å². The molecule has 0 bridgehead atoms. The summed E-state index contributed by atoms with van der Waals surface area (Å²) in [6.45, 7) is 28.0. The van der Waals surface area contributed by atoms with Crippen molar-refractivity contribution in [2.24, 2.45) is 5.41 Å². The van der Waals surface area contributed by atoms with Crippen molar-refractivity contribution in [2.75, 3.05) is 16.5 Å². The third-order valence-electron chi connectivity index (χ3n) is 13.1. The molecule has 6 aromatic carbocycles. The van der Waals surface area contributed by atoms with Crippen molar-refractivity contribution >= 4 is 56.3 Å². The summed E-state index contributed by atoms with van der Waals surface area (Å²) >= 11 is 0. The molecule has 4 nitrogen and oxygen atoms in total. The van der Waals surface area contributed by atoms with E-state index in [0.29, 0.717) is 6.67 Å². The van der Waals surface area contributed by atoms with Gasteiger partial charge < -0.3 is 21.8 Å². The molecule has 1 aliphatic heterocycles. The summed E-state index contributed by atoms with van der Waals surface area (Å²) in [5.41, 5.74) is 15.2. The van der Waals surface area contributed by atoms with Gasteiger partial charge in [-0.25, -0.2) is 4.98 Å². The van der Waals surface area contributed by atoms with Crippen molar-refractivity contribution in [3.63, 3.8) is 0 Å². The van der Waals surface area contributed by atoms with Gasteiger partial charge in [-0.05, 0) is 79.8 Å². The van der Waals surface area contributed by atoms with E-state index in [0.717, 1.165) is 33.5 Å². The Kier molecular flexibility index (Phi) is 13.6. The largest absolute Gasteiger partial charge is 0.358 e. The van der Waals surface area contributed by atoms with Crippen LogP contribution >= 0.6 is 0 Å². The quantitative estimate of drug-likeness (QED) is 0.117. The molecule has 0 N–H and O–H groups in total. The molecule has 0 spiro atoms. The van der Waals surface area contributed by atoms with Gasteiger partial charge in [0, 0.05) is 55.8 Å². The third kappa shape index (κ3) is 9.87. The number of allylic oxidation sites excluding steroid dienone is 1. The molecule has 3 heterocycles. The Labute approximate surface area is 416 Å². The topological polar surface area (TPSA) is 24.3 Å². The Morgan fingerprint density at radius 1 is 0.537 bits per heavy atom. The predicted octanol–water partition coefficient (Wildman–Crippen LogP) is 13.5. The summed E-state index contributed by atoms with van der Waals surface area (Å²) in [7, 11) is 0. The number of anilines is 2. The van der Waals surface area contributed by atoms with Crippen molar-refractivity contribution in [2.45, 2.75) is 99.3 Å². The minimum atomic E-state index is -0.126. The maximum Gasteiger partial charge on any atom is 0.191 e. The summed E-state index contributed by atoms with van der Waals surface area (Å²) in [6.07, 6.45) is 4.32. The van der Waals surface area contributed by atoms with Crippen LogP contribution in [0.5, 0.6) is 0 Å². The van der Waals surface area contributed by atoms with Crippen LogP contribution in [-0.4, -0.2) is 22.9 Å². The molecule has 0 saturated heterocycles. The minimum absolute atomic E-state index is 0. The second-order valence-electron chi connectivity index (χ2n) is 22.2. The molecule has 67 heavy (non-hydrogen) atoms. The van der Waals surface area contributed by atoms with Crippen LogP contribution in [-0.2, 0) is 37.3 Å². The second-order valence-corrected chi connectivity index (χ2v) is 22.2. The van der Waals surface area contributed by atoms with Crippen molar-refractivity contribution in [3.05, 3.63) is 194 Å². The summed E-state index contributed by atoms with van der Waals surface area (Å²) in [6, 6.07) is 59.4. The number of fused-ring (bicyclic) bond motifs is 3. The van der Waals surface area contributed by atoms with Crippen LogP contribution in [0.25, 0.3) is 38.8 Å². The molecular weight excluding hydrogens is 995 g/mol. The van der Waals surface area contributed by atoms with Crippen LogP contribution in [0.1, 0.15) is 99.8 Å². The van der Waals surface area contributed by atoms with Crippen LogP contribution in [0.15, 0.2) is 158 Å². The standard InChI is InChI=1S/C60H63BN4.CH3.Pt/c1-57(2,3)43-26-28-51-52-29-27-48(38-54(52)65(53(51)35-43)56-36-44(30-31-62-56)58(4,5)6)61(46-22-17-14-18-23-46)47-24-19-25-49(37-47)64-40-63(39-55(64)60(10,11)12)50-33-42(41-20-15-13-16-21-41)32-45(34-50)59(7,8)9;;/h13-36,39H,40H2,1-12H3;1H3;/q-2;-1;. The van der Waals surface area contributed by atoms with Crippen LogP contribution in [0, 0.1) is 25.0 Å². The van der Waals surface area contributed by atoms with E-state index in [1.54, 1.807) is 0 Å². The van der Waals surface area contributed by atoms with Crippen LogP contribution < -0.4 is 26.2 Å². The van der Waals surface area contributed by atoms with Gasteiger partial charge in [-0.15, -0.1) is 11.5 Å². The molecule has 346 valence electrons. The van der Waals surface area contributed by atoms with Gasteiger partial charge in [-0.1, -0.05) is 179 Å². The number of pyridine rings is 1. The van der Waals surface area contributed by atoms with Gasteiger partial charge in [0.05, 0.1) is 6.67 Å². The average molecular weight is 1060 g/mol. The molecule has 2 aromatic heterocycles. The summed E-state index contributed by atoms with van der Waals surface area (Å²) in [5, 5.41) is 2.37. The Morgan fingerprint density at radius 3 is 1.82 bits per heavy atom. The fraction of sp³-hybridized carbons (Fsp3) is 0.279. The van der Waals surface area contributed by atoms with Gasteiger partial charge in [0.25, 0.3) is 0 Å². The molecule has 9 rings (SSSR count). The molecule has 6 heteroatoms. The zero-order chi connectivity index (χ0) is 46.1. The molecule has 0 aliphatic carbocycles. The average Bonchev–Trinajstić information content (AvgIpc) is 3.87. The van der Waals surface area contributed by atoms with Crippen LogP contribution in [0.3, 0.4) is 0 Å². The molecule has 0 radical (unpaired) electrons. The molecular formula is C61H66BN4Pt-3. The second kappa shape index (κ2) is 18.5. The maximum absolute atomic E-state index is 5.05. The first-order valence-corrected chi connectivity index (χ1v) is 23.3. The number of aromatic nitrogens is 2. The number of benzene rings is 6. The summed E-state index contributed by atoms with van der Waals surface area (Å²) < 4.78 is 2.35. The third-order valence-corrected chi connectivity index (χ3v) is 13.1. The summed E-state index contributed by atoms with van der Waals surface area (Å²) in [4.78, 5) is 9.93. The van der Waals surface area contributed by atoms with Gasteiger partial charge in [-0.3, -0.25) is 0 Å². The minimum Gasteiger partial charge on any atom is -0.358 e. The van der Waals surface area contributed by atoms with Crippen molar-refractivity contribution in [1.29, 1.82) is 0 Å². The van der Waals surface area contributed by atoms with Gasteiger partial charge in [0.2, 0.25) is 0 Å². The molecule has 0 unspecified atom stereocenters. The zero-order valence-corrected chi connectivity index (χ0v) is 44.1. The number of hydrogen-bond acceptors (Lipinski definition) is 3. The van der Waals surface area contributed by atoms with E-state index in [-0.39, 0.29) is 56.9 Å². The van der Waals surface area contributed by atoms with Gasteiger partial charge in [0.1, 0.15) is 5.82 Å². The SMILES string of the molecule is CC(C)(C)C1=CN(c2cc(-c3ccccc3)cc(C(C)(C)C)c2)CN1c1[c-]c(B(c2[c-]c3c(cc2)c2ccc(C(C)(C)C)cc2n3-c2cc(C(C)(C)C)ccn2)c2ccccc2)ccc1.[CH3-].[Pt]. The van der Waals surface area contributed by atoms with E-state index in [4.69, 9.17) is 4.98 Å². The molecule has 0 amide bonds. The van der Waals surface area contributed by atoms with E-state index in [2.05, 4.69) is 255 Å². The monoisotopic (exact) mass is 1060 g/mol. The van der Waals surface area contributed by atoms with E-state index < -0.39 is 0 Å². The van der Waals surface area contributed by atoms with Crippen molar-refractivity contribution < 1.29 is 21.1 Å². The Hall–Kier alpha value is -5.64. The van der Waals surface area contributed by atoms with Gasteiger partial charge in [0.15, 0.2) is 6.71 Å². The van der Waals surface area contributed by atoms with E-state index in [1.807, 2.05) is 6.20 Å². The zero-order valence-electron chi connectivity index (χ0n) is 41.8. The smallest absolute Gasteiger partial charge is 0.191 e. The van der Waals surface area contributed by atoms with Gasteiger partial charge in [-0.2, -0.15) is 47.3 Å². The van der Waals surface area contributed by atoms with Crippen LogP contribution in [0.4, 0.5) is 11.4 Å². The van der Waals surface area contributed by atoms with Gasteiger partial charge >= 0.3 is 0 Å². The Balaban J connectivity index is 0.00000333. The van der Waals surface area contributed by atoms with E-state index >= 15 is 0 Å². The van der Waals surface area contributed by atoms with Crippen LogP contribution in [0.2, 0.25) is 0 Å². The molecule has 8 aromatic rings. The maximum atomic E-state index is 5.05. The molecule has 0 atom stereocenters. The predicted molar refractivity (Wildman–Crippen MR) is 286 cm³/mol. The summed E-state index contributed by atoms with van der Waals surface area (Å²) in [5.74, 6) is 0.908. The Morgan fingerprint density at radius 2 is 1.16 bits per heavy atom. The van der Waals surface area contributed by atoms with E-state index in [9.17, 15) is 0 Å². The first-order valence-electron chi connectivity index (χ1n) is 23.3. The molecule has 0 fully saturated rings. The Bertz CT molecular complexity index is 3070. The fourth-order valence-corrected chi connectivity index (χ4v) is 9.26. The normalized spacial score (nSPS) is 13.4. The molecule has 1 aliphatic rings. The fourth-order valence-electron chi connectivity index (χ4n) is 9.26. The number of rotatable bonds is 7. The van der Waals surface area contributed by atoms with E-state index in [1.165, 1.54) is 55.4 Å². The molecule has 0 saturated carbocycles. The first kappa shape index (κ1) is 49.3. The first-order chi connectivity index (χ1) is 30.7.